The maximum atomic E-state index is 12.1. The van der Waals surface area contributed by atoms with Crippen LogP contribution in [0, 0.1) is 11.8 Å². The Bertz CT molecular complexity index is 612. The van der Waals surface area contributed by atoms with Gasteiger partial charge in [0.1, 0.15) is 0 Å². The summed E-state index contributed by atoms with van der Waals surface area (Å²) >= 11 is 0. The van der Waals surface area contributed by atoms with Crippen LogP contribution in [0.25, 0.3) is 11.0 Å². The molecule has 0 saturated carbocycles. The Morgan fingerprint density at radius 3 is 2.57 bits per heavy atom. The molecule has 0 saturated heterocycles. The van der Waals surface area contributed by atoms with Crippen LogP contribution in [0.5, 0.6) is 0 Å². The van der Waals surface area contributed by atoms with Gasteiger partial charge in [0.25, 0.3) is 0 Å². The molecule has 0 spiro atoms. The lowest BCUT2D eigenvalue weighted by atomic mass is 9.93. The molecular weight excluding hydrogens is 262 g/mol. The van der Waals surface area contributed by atoms with Crippen LogP contribution in [0.2, 0.25) is 0 Å². The summed E-state index contributed by atoms with van der Waals surface area (Å²) < 4.78 is 0. The summed E-state index contributed by atoms with van der Waals surface area (Å²) in [4.78, 5) is 20.5. The maximum absolute atomic E-state index is 12.1. The number of anilines is 1. The first-order valence-corrected chi connectivity index (χ1v) is 7.59. The van der Waals surface area contributed by atoms with Gasteiger partial charge in [0.2, 0.25) is 5.91 Å². The van der Waals surface area contributed by atoms with Crippen LogP contribution in [-0.2, 0) is 4.79 Å². The first kappa shape index (κ1) is 15.4. The van der Waals surface area contributed by atoms with Crippen molar-refractivity contribution < 1.29 is 4.79 Å². The van der Waals surface area contributed by atoms with Crippen LogP contribution < -0.4 is 5.32 Å². The molecule has 0 radical (unpaired) electrons. The monoisotopic (exact) mass is 285 g/mol. The highest BCUT2D eigenvalue weighted by atomic mass is 16.1. The molecule has 21 heavy (non-hydrogen) atoms. The second-order valence-electron chi connectivity index (χ2n) is 5.87. The molecule has 0 bridgehead atoms. The van der Waals surface area contributed by atoms with Crippen molar-refractivity contribution in [2.24, 2.45) is 11.8 Å². The number of rotatable bonds is 6. The molecule has 112 valence electrons. The van der Waals surface area contributed by atoms with E-state index in [1.807, 2.05) is 18.2 Å². The third-order valence-electron chi connectivity index (χ3n) is 3.79. The number of hydrogen-bond donors (Lipinski definition) is 1. The van der Waals surface area contributed by atoms with E-state index in [1.165, 1.54) is 0 Å². The number of aromatic nitrogens is 2. The van der Waals surface area contributed by atoms with Gasteiger partial charge in [-0.25, -0.2) is 0 Å². The number of benzene rings is 1. The zero-order valence-electron chi connectivity index (χ0n) is 13.0. The van der Waals surface area contributed by atoms with E-state index in [-0.39, 0.29) is 5.91 Å². The lowest BCUT2D eigenvalue weighted by Gasteiger charge is -2.15. The second kappa shape index (κ2) is 7.16. The number of amides is 1. The van der Waals surface area contributed by atoms with E-state index >= 15 is 0 Å². The normalized spacial score (nSPS) is 13.9. The summed E-state index contributed by atoms with van der Waals surface area (Å²) in [5.74, 6) is 1.14. The van der Waals surface area contributed by atoms with E-state index in [1.54, 1.807) is 12.4 Å². The average Bonchev–Trinajstić information content (AvgIpc) is 2.46. The number of hydrogen-bond acceptors (Lipinski definition) is 3. The molecule has 0 aliphatic carbocycles. The Morgan fingerprint density at radius 2 is 1.86 bits per heavy atom. The fourth-order valence-corrected chi connectivity index (χ4v) is 2.51. The molecular formula is C17H23N3O. The third kappa shape index (κ3) is 4.52. The lowest BCUT2D eigenvalue weighted by molar-refractivity contribution is -0.117. The Hall–Kier alpha value is -1.97. The summed E-state index contributed by atoms with van der Waals surface area (Å²) in [6.45, 7) is 6.56. The molecule has 2 aromatic rings. The molecule has 1 N–H and O–H groups in total. The molecule has 2 atom stereocenters. The van der Waals surface area contributed by atoms with Crippen molar-refractivity contribution in [1.82, 2.24) is 9.97 Å². The largest absolute Gasteiger partial charge is 0.326 e. The van der Waals surface area contributed by atoms with Gasteiger partial charge in [0.05, 0.1) is 11.0 Å². The quantitative estimate of drug-likeness (QED) is 0.871. The molecule has 0 aliphatic heterocycles. The molecule has 0 aliphatic rings. The van der Waals surface area contributed by atoms with Crippen molar-refractivity contribution in [2.45, 2.75) is 40.0 Å². The van der Waals surface area contributed by atoms with Gasteiger partial charge < -0.3 is 5.32 Å². The van der Waals surface area contributed by atoms with Crippen molar-refractivity contribution >= 4 is 22.6 Å². The average molecular weight is 285 g/mol. The standard InChI is InChI=1S/C17H23N3O/c1-4-12(2)9-13(3)10-17(21)20-14-5-6-15-16(11-14)19-8-7-18-15/h5-8,11-13H,4,9-10H2,1-3H3,(H,20,21). The predicted molar refractivity (Wildman–Crippen MR) is 86.0 cm³/mol. The number of carbonyl (C=O) groups excluding carboxylic acids is 1. The van der Waals surface area contributed by atoms with Crippen molar-refractivity contribution in [1.29, 1.82) is 0 Å². The lowest BCUT2D eigenvalue weighted by Crippen LogP contribution is -2.16. The number of carbonyl (C=O) groups is 1. The minimum atomic E-state index is 0.0639. The third-order valence-corrected chi connectivity index (χ3v) is 3.79. The first-order chi connectivity index (χ1) is 10.1. The van der Waals surface area contributed by atoms with E-state index in [4.69, 9.17) is 0 Å². The van der Waals surface area contributed by atoms with E-state index in [0.717, 1.165) is 29.6 Å². The Morgan fingerprint density at radius 1 is 1.14 bits per heavy atom. The fraction of sp³-hybridized carbons (Fsp3) is 0.471. The molecule has 1 aromatic heterocycles. The molecule has 2 rings (SSSR count). The Balaban J connectivity index is 1.94. The minimum Gasteiger partial charge on any atom is -0.326 e. The van der Waals surface area contributed by atoms with E-state index in [0.29, 0.717) is 18.3 Å². The van der Waals surface area contributed by atoms with Crippen molar-refractivity contribution in [2.75, 3.05) is 5.32 Å². The van der Waals surface area contributed by atoms with Crippen molar-refractivity contribution in [3.8, 4) is 0 Å². The van der Waals surface area contributed by atoms with Crippen LogP contribution in [0.3, 0.4) is 0 Å². The van der Waals surface area contributed by atoms with Crippen LogP contribution in [0.1, 0.15) is 40.0 Å². The summed E-state index contributed by atoms with van der Waals surface area (Å²) in [6.07, 6.45) is 6.13. The van der Waals surface area contributed by atoms with Crippen molar-refractivity contribution in [3.05, 3.63) is 30.6 Å². The molecule has 1 amide bonds. The summed E-state index contributed by atoms with van der Waals surface area (Å²) in [6, 6.07) is 5.61. The number of nitrogens with zero attached hydrogens (tertiary/aromatic N) is 2. The van der Waals surface area contributed by atoms with Gasteiger partial charge in [-0.1, -0.05) is 27.2 Å². The predicted octanol–water partition coefficient (Wildman–Crippen LogP) is 4.03. The fourth-order valence-electron chi connectivity index (χ4n) is 2.51. The highest BCUT2D eigenvalue weighted by Gasteiger charge is 2.12. The molecule has 1 heterocycles. The van der Waals surface area contributed by atoms with Gasteiger partial charge in [-0.2, -0.15) is 0 Å². The van der Waals surface area contributed by atoms with Gasteiger partial charge in [0.15, 0.2) is 0 Å². The molecule has 1 aromatic carbocycles. The molecule has 4 heteroatoms. The SMILES string of the molecule is CCC(C)CC(C)CC(=O)Nc1ccc2nccnc2c1. The molecule has 4 nitrogen and oxygen atoms in total. The van der Waals surface area contributed by atoms with Crippen LogP contribution in [0.15, 0.2) is 30.6 Å². The first-order valence-electron chi connectivity index (χ1n) is 7.59. The highest BCUT2D eigenvalue weighted by Crippen LogP contribution is 2.19. The van der Waals surface area contributed by atoms with Gasteiger partial charge in [0, 0.05) is 24.5 Å². The van der Waals surface area contributed by atoms with E-state index in [9.17, 15) is 4.79 Å². The highest BCUT2D eigenvalue weighted by molar-refractivity contribution is 5.92. The zero-order chi connectivity index (χ0) is 15.2. The Labute approximate surface area is 126 Å². The van der Waals surface area contributed by atoms with Crippen molar-refractivity contribution in [3.63, 3.8) is 0 Å². The van der Waals surface area contributed by atoms with E-state index < -0.39 is 0 Å². The Kier molecular flexibility index (Phi) is 5.26. The second-order valence-corrected chi connectivity index (χ2v) is 5.87. The van der Waals surface area contributed by atoms with Gasteiger partial charge in [-0.05, 0) is 36.5 Å². The van der Waals surface area contributed by atoms with Crippen LogP contribution in [0.4, 0.5) is 5.69 Å². The summed E-state index contributed by atoms with van der Waals surface area (Å²) in [5, 5.41) is 2.95. The number of nitrogens with one attached hydrogen (secondary N) is 1. The molecule has 2 unspecified atom stereocenters. The van der Waals surface area contributed by atoms with Gasteiger partial charge in [-0.3, -0.25) is 14.8 Å². The van der Waals surface area contributed by atoms with Crippen LogP contribution in [-0.4, -0.2) is 15.9 Å². The summed E-state index contributed by atoms with van der Waals surface area (Å²) in [7, 11) is 0. The van der Waals surface area contributed by atoms with Crippen LogP contribution >= 0.6 is 0 Å². The maximum Gasteiger partial charge on any atom is 0.224 e. The minimum absolute atomic E-state index is 0.0639. The van der Waals surface area contributed by atoms with E-state index in [2.05, 4.69) is 36.1 Å². The smallest absolute Gasteiger partial charge is 0.224 e. The van der Waals surface area contributed by atoms with Gasteiger partial charge >= 0.3 is 0 Å². The molecule has 0 fully saturated rings. The number of fused-ring (bicyclic) bond motifs is 1. The van der Waals surface area contributed by atoms with Gasteiger partial charge in [-0.15, -0.1) is 0 Å². The zero-order valence-corrected chi connectivity index (χ0v) is 13.0. The topological polar surface area (TPSA) is 54.9 Å². The summed E-state index contributed by atoms with van der Waals surface area (Å²) in [5.41, 5.74) is 2.41.